The summed E-state index contributed by atoms with van der Waals surface area (Å²) < 4.78 is 8.92. The Kier molecular flexibility index (Phi) is 3.76. The number of rotatable bonds is 3. The number of amides is 1. The van der Waals surface area contributed by atoms with Crippen LogP contribution < -0.4 is 0 Å². The summed E-state index contributed by atoms with van der Waals surface area (Å²) in [6.07, 6.45) is 5.03. The van der Waals surface area contributed by atoms with E-state index in [1.165, 1.54) is 0 Å². The molecule has 2 aromatic rings. The normalized spacial score (nSPS) is 19.0. The van der Waals surface area contributed by atoms with E-state index in [9.17, 15) is 9.90 Å². The van der Waals surface area contributed by atoms with E-state index in [-0.39, 0.29) is 18.6 Å². The van der Waals surface area contributed by atoms with Gasteiger partial charge in [-0.05, 0) is 12.1 Å². The number of hydrogen-bond donors (Lipinski definition) is 1. The summed E-state index contributed by atoms with van der Waals surface area (Å²) in [5.74, 6) is 0.644. The molecule has 0 radical (unpaired) electrons. The maximum atomic E-state index is 12.7. The van der Waals surface area contributed by atoms with Gasteiger partial charge >= 0.3 is 0 Å². The number of carbonyl (C=O) groups is 1. The van der Waals surface area contributed by atoms with Gasteiger partial charge in [0.05, 0.1) is 25.5 Å². The number of ether oxygens (including phenoxy) is 1. The van der Waals surface area contributed by atoms with Crippen LogP contribution in [0.4, 0.5) is 0 Å². The van der Waals surface area contributed by atoms with E-state index in [1.807, 2.05) is 36.1 Å². The molecular formula is C14H18N4O3. The number of aliphatic hydroxyl groups is 1. The maximum Gasteiger partial charge on any atom is 0.259 e. The Morgan fingerprint density at radius 2 is 2.24 bits per heavy atom. The number of carbonyl (C=O) groups excluding carboxylic acids is 1. The zero-order valence-corrected chi connectivity index (χ0v) is 11.8. The summed E-state index contributed by atoms with van der Waals surface area (Å²) in [6, 6.07) is 3.80. The van der Waals surface area contributed by atoms with Gasteiger partial charge in [0.1, 0.15) is 11.4 Å². The van der Waals surface area contributed by atoms with Gasteiger partial charge in [0.25, 0.3) is 5.91 Å². The Hall–Kier alpha value is -2.12. The fraction of sp³-hybridized carbons (Fsp3) is 0.429. The molecule has 3 rings (SSSR count). The van der Waals surface area contributed by atoms with Crippen molar-refractivity contribution in [3.8, 4) is 5.82 Å². The molecule has 0 bridgehead atoms. The fourth-order valence-corrected chi connectivity index (χ4v) is 2.55. The number of aromatic nitrogens is 3. The molecule has 3 heterocycles. The molecule has 7 heteroatoms. The zero-order chi connectivity index (χ0) is 14.8. The second-order valence-corrected chi connectivity index (χ2v) is 5.02. The van der Waals surface area contributed by atoms with Crippen molar-refractivity contribution in [1.82, 2.24) is 19.2 Å². The molecule has 1 atom stereocenters. The molecule has 0 aliphatic carbocycles. The van der Waals surface area contributed by atoms with Crippen molar-refractivity contribution >= 4 is 5.91 Å². The van der Waals surface area contributed by atoms with Gasteiger partial charge in [0.15, 0.2) is 0 Å². The Labute approximate surface area is 122 Å². The maximum absolute atomic E-state index is 12.7. The Balaban J connectivity index is 1.89. The van der Waals surface area contributed by atoms with Crippen LogP contribution in [0.25, 0.3) is 5.82 Å². The lowest BCUT2D eigenvalue weighted by atomic mass is 10.2. The minimum absolute atomic E-state index is 0.0821. The molecule has 1 saturated heterocycles. The lowest BCUT2D eigenvalue weighted by molar-refractivity contribution is -0.0447. The average Bonchev–Trinajstić information content (AvgIpc) is 3.15. The molecule has 2 aromatic heterocycles. The van der Waals surface area contributed by atoms with Gasteiger partial charge in [-0.15, -0.1) is 0 Å². The largest absolute Gasteiger partial charge is 0.394 e. The molecule has 1 N–H and O–H groups in total. The number of hydrogen-bond acceptors (Lipinski definition) is 4. The van der Waals surface area contributed by atoms with E-state index in [0.29, 0.717) is 25.3 Å². The minimum atomic E-state index is -0.311. The van der Waals surface area contributed by atoms with Crippen molar-refractivity contribution in [3.05, 3.63) is 36.3 Å². The third kappa shape index (κ3) is 2.57. The molecule has 1 fully saturated rings. The van der Waals surface area contributed by atoms with E-state index in [1.54, 1.807) is 15.8 Å². The topological polar surface area (TPSA) is 72.5 Å². The number of aryl methyl sites for hydroxylation is 1. The van der Waals surface area contributed by atoms with E-state index < -0.39 is 0 Å². The van der Waals surface area contributed by atoms with Crippen LogP contribution in [0.5, 0.6) is 0 Å². The first kappa shape index (κ1) is 13.8. The Morgan fingerprint density at radius 1 is 1.48 bits per heavy atom. The van der Waals surface area contributed by atoms with Crippen LogP contribution in [0.2, 0.25) is 0 Å². The molecule has 0 spiro atoms. The highest BCUT2D eigenvalue weighted by Gasteiger charge is 2.27. The number of nitrogens with zero attached hydrogens (tertiary/aromatic N) is 4. The minimum Gasteiger partial charge on any atom is -0.394 e. The molecule has 21 heavy (non-hydrogen) atoms. The molecule has 0 aromatic carbocycles. The van der Waals surface area contributed by atoms with E-state index in [4.69, 9.17) is 4.74 Å². The van der Waals surface area contributed by atoms with E-state index >= 15 is 0 Å². The Morgan fingerprint density at radius 3 is 2.95 bits per heavy atom. The van der Waals surface area contributed by atoms with Crippen molar-refractivity contribution in [2.75, 3.05) is 26.3 Å². The van der Waals surface area contributed by atoms with Crippen LogP contribution >= 0.6 is 0 Å². The van der Waals surface area contributed by atoms with Gasteiger partial charge in [-0.25, -0.2) is 0 Å². The second-order valence-electron chi connectivity index (χ2n) is 5.02. The fourth-order valence-electron chi connectivity index (χ4n) is 2.55. The van der Waals surface area contributed by atoms with Crippen molar-refractivity contribution in [1.29, 1.82) is 0 Å². The molecule has 112 valence electrons. The second kappa shape index (κ2) is 5.71. The highest BCUT2D eigenvalue weighted by atomic mass is 16.5. The summed E-state index contributed by atoms with van der Waals surface area (Å²) in [7, 11) is 1.81. The number of aliphatic hydroxyl groups excluding tert-OH is 1. The summed E-state index contributed by atoms with van der Waals surface area (Å²) in [6.45, 7) is 1.28. The smallest absolute Gasteiger partial charge is 0.259 e. The zero-order valence-electron chi connectivity index (χ0n) is 11.8. The van der Waals surface area contributed by atoms with E-state index in [2.05, 4.69) is 5.10 Å². The Bertz CT molecular complexity index is 620. The van der Waals surface area contributed by atoms with Crippen molar-refractivity contribution < 1.29 is 14.6 Å². The number of morpholine rings is 1. The highest BCUT2D eigenvalue weighted by Crippen LogP contribution is 2.18. The van der Waals surface area contributed by atoms with Crippen LogP contribution in [0.3, 0.4) is 0 Å². The van der Waals surface area contributed by atoms with Gasteiger partial charge in [-0.2, -0.15) is 5.10 Å². The average molecular weight is 290 g/mol. The molecule has 1 amide bonds. The SMILES string of the molecule is Cn1ncc(C(=O)N2CCOC(CO)C2)c1-n1cccc1. The van der Waals surface area contributed by atoms with Gasteiger partial charge in [-0.1, -0.05) is 0 Å². The van der Waals surface area contributed by atoms with Gasteiger partial charge in [0.2, 0.25) is 0 Å². The first-order valence-corrected chi connectivity index (χ1v) is 6.87. The van der Waals surface area contributed by atoms with Crippen LogP contribution in [-0.4, -0.2) is 62.7 Å². The van der Waals surface area contributed by atoms with Crippen molar-refractivity contribution in [2.45, 2.75) is 6.10 Å². The first-order chi connectivity index (χ1) is 10.2. The van der Waals surface area contributed by atoms with Crippen LogP contribution in [-0.2, 0) is 11.8 Å². The first-order valence-electron chi connectivity index (χ1n) is 6.87. The van der Waals surface area contributed by atoms with Gasteiger partial charge in [-0.3, -0.25) is 9.48 Å². The predicted molar refractivity (Wildman–Crippen MR) is 75.3 cm³/mol. The predicted octanol–water partition coefficient (Wildman–Crippen LogP) is 0.0441. The van der Waals surface area contributed by atoms with Crippen LogP contribution in [0.1, 0.15) is 10.4 Å². The molecule has 1 aliphatic rings. The molecule has 7 nitrogen and oxygen atoms in total. The summed E-state index contributed by atoms with van der Waals surface area (Å²) in [5.41, 5.74) is 0.548. The van der Waals surface area contributed by atoms with Crippen LogP contribution in [0.15, 0.2) is 30.7 Å². The third-order valence-electron chi connectivity index (χ3n) is 3.62. The third-order valence-corrected chi connectivity index (χ3v) is 3.62. The molecule has 1 aliphatic heterocycles. The quantitative estimate of drug-likeness (QED) is 0.866. The standard InChI is InChI=1S/C14H18N4O3/c1-16-13(17-4-2-3-5-17)12(8-15-16)14(20)18-6-7-21-11(9-18)10-19/h2-5,8,11,19H,6-7,9-10H2,1H3. The summed E-state index contributed by atoms with van der Waals surface area (Å²) in [5, 5.41) is 13.4. The summed E-state index contributed by atoms with van der Waals surface area (Å²) in [4.78, 5) is 14.4. The summed E-state index contributed by atoms with van der Waals surface area (Å²) >= 11 is 0. The van der Waals surface area contributed by atoms with Crippen molar-refractivity contribution in [2.24, 2.45) is 7.05 Å². The highest BCUT2D eigenvalue weighted by molar-refractivity contribution is 5.97. The van der Waals surface area contributed by atoms with Gasteiger partial charge in [0, 0.05) is 32.5 Å². The van der Waals surface area contributed by atoms with E-state index in [0.717, 1.165) is 5.82 Å². The lowest BCUT2D eigenvalue weighted by Crippen LogP contribution is -2.47. The van der Waals surface area contributed by atoms with Crippen molar-refractivity contribution in [3.63, 3.8) is 0 Å². The molecule has 1 unspecified atom stereocenters. The van der Waals surface area contributed by atoms with Gasteiger partial charge < -0.3 is 19.3 Å². The molecule has 0 saturated carbocycles. The lowest BCUT2D eigenvalue weighted by Gasteiger charge is -2.32. The molecular weight excluding hydrogens is 272 g/mol. The monoisotopic (exact) mass is 290 g/mol. The van der Waals surface area contributed by atoms with Crippen LogP contribution in [0, 0.1) is 0 Å².